The summed E-state index contributed by atoms with van der Waals surface area (Å²) in [6.45, 7) is 4.44. The molecule has 1 aromatic carbocycles. The number of piperidine rings is 1. The molecule has 0 radical (unpaired) electrons. The summed E-state index contributed by atoms with van der Waals surface area (Å²) in [5.41, 5.74) is 1.73. The molecule has 7 nitrogen and oxygen atoms in total. The van der Waals surface area contributed by atoms with Gasteiger partial charge in [-0.15, -0.1) is 11.3 Å². The minimum atomic E-state index is -0.163. The van der Waals surface area contributed by atoms with Gasteiger partial charge in [0.25, 0.3) is 0 Å². The van der Waals surface area contributed by atoms with E-state index in [1.165, 1.54) is 0 Å². The number of carbonyl (C=O) groups excluding carboxylic acids is 1. The van der Waals surface area contributed by atoms with Crippen molar-refractivity contribution in [1.29, 1.82) is 0 Å². The highest BCUT2D eigenvalue weighted by atomic mass is 32.1. The fourth-order valence-corrected chi connectivity index (χ4v) is 4.06. The van der Waals surface area contributed by atoms with Gasteiger partial charge >= 0.3 is 6.03 Å². The van der Waals surface area contributed by atoms with Crippen LogP contribution in [0.1, 0.15) is 42.0 Å². The number of likely N-dealkylation sites (tertiary alicyclic amines) is 1. The summed E-state index contributed by atoms with van der Waals surface area (Å²) in [6, 6.07) is 5.48. The first-order valence-corrected chi connectivity index (χ1v) is 9.17. The minimum Gasteiger partial charge on any atom is -0.337 e. The van der Waals surface area contributed by atoms with Gasteiger partial charge in [-0.2, -0.15) is 4.98 Å². The van der Waals surface area contributed by atoms with Crippen LogP contribution in [0.25, 0.3) is 10.2 Å². The Balaban J connectivity index is 1.55. The fourth-order valence-electron chi connectivity index (χ4n) is 3.19. The van der Waals surface area contributed by atoms with Crippen LogP contribution in [0.2, 0.25) is 0 Å². The van der Waals surface area contributed by atoms with Crippen molar-refractivity contribution in [2.24, 2.45) is 0 Å². The molecule has 0 spiro atoms. The zero-order chi connectivity index (χ0) is 17.4. The highest BCUT2D eigenvalue weighted by Gasteiger charge is 2.32. The number of nitrogens with zero attached hydrogens (tertiary/aromatic N) is 4. The van der Waals surface area contributed by atoms with Crippen molar-refractivity contribution < 1.29 is 9.32 Å². The van der Waals surface area contributed by atoms with Gasteiger partial charge in [-0.3, -0.25) is 0 Å². The number of carbonyl (C=O) groups is 1. The second-order valence-corrected chi connectivity index (χ2v) is 7.47. The maximum absolute atomic E-state index is 12.8. The minimum absolute atomic E-state index is 0.138. The maximum atomic E-state index is 12.8. The van der Waals surface area contributed by atoms with Crippen molar-refractivity contribution in [3.05, 3.63) is 34.9 Å². The second-order valence-electron chi connectivity index (χ2n) is 6.23. The van der Waals surface area contributed by atoms with E-state index in [9.17, 15) is 4.79 Å². The molecule has 4 rings (SSSR count). The molecule has 0 saturated carbocycles. The number of thiazole rings is 1. The average Bonchev–Trinajstić information content (AvgIpc) is 3.19. The molecular weight excluding hydrogens is 338 g/mol. The van der Waals surface area contributed by atoms with Crippen molar-refractivity contribution in [1.82, 2.24) is 20.0 Å². The van der Waals surface area contributed by atoms with E-state index in [1.54, 1.807) is 23.2 Å². The number of anilines is 1. The van der Waals surface area contributed by atoms with Gasteiger partial charge in [0, 0.05) is 12.2 Å². The number of urea groups is 1. The third kappa shape index (κ3) is 3.21. The van der Waals surface area contributed by atoms with E-state index in [-0.39, 0.29) is 12.1 Å². The largest absolute Gasteiger partial charge is 0.337 e. The molecule has 1 N–H and O–H groups in total. The SMILES string of the molecule is Cc1noc([C@@H]2CCCCN2C(=O)Nc2ccc3nc(C)sc3c2)n1. The van der Waals surface area contributed by atoms with Crippen molar-refractivity contribution in [3.63, 3.8) is 0 Å². The topological polar surface area (TPSA) is 84.2 Å². The monoisotopic (exact) mass is 357 g/mol. The quantitative estimate of drug-likeness (QED) is 0.748. The number of amides is 2. The lowest BCUT2D eigenvalue weighted by molar-refractivity contribution is 0.142. The van der Waals surface area contributed by atoms with Crippen LogP contribution in [0.3, 0.4) is 0 Å². The molecule has 0 unspecified atom stereocenters. The van der Waals surface area contributed by atoms with Gasteiger partial charge in [0.15, 0.2) is 5.82 Å². The van der Waals surface area contributed by atoms with Gasteiger partial charge in [0.05, 0.1) is 15.2 Å². The molecule has 1 saturated heterocycles. The van der Waals surface area contributed by atoms with Crippen LogP contribution in [-0.2, 0) is 0 Å². The van der Waals surface area contributed by atoms with Gasteiger partial charge in [0.2, 0.25) is 5.89 Å². The summed E-state index contributed by atoms with van der Waals surface area (Å²) in [4.78, 5) is 23.4. The molecular formula is C17H19N5O2S. The summed E-state index contributed by atoms with van der Waals surface area (Å²) in [5, 5.41) is 7.87. The number of hydrogen-bond donors (Lipinski definition) is 1. The van der Waals surface area contributed by atoms with Crippen LogP contribution in [0.5, 0.6) is 0 Å². The normalized spacial score (nSPS) is 17.8. The molecule has 0 bridgehead atoms. The molecule has 1 atom stereocenters. The first kappa shape index (κ1) is 16.0. The number of aromatic nitrogens is 3. The molecule has 1 aliphatic rings. The lowest BCUT2D eigenvalue weighted by Gasteiger charge is -2.33. The number of benzene rings is 1. The Bertz CT molecular complexity index is 919. The standard InChI is InChI=1S/C17H19N5O2S/c1-10-18-16(24-21-10)14-5-3-4-8-22(14)17(23)20-12-6-7-13-15(9-12)25-11(2)19-13/h6-7,9,14H,3-5,8H2,1-2H3,(H,20,23)/t14-/m0/s1. The molecule has 2 aromatic heterocycles. The van der Waals surface area contributed by atoms with Gasteiger partial charge < -0.3 is 14.7 Å². The molecule has 1 fully saturated rings. The van der Waals surface area contributed by atoms with Crippen LogP contribution in [-0.4, -0.2) is 32.6 Å². The van der Waals surface area contributed by atoms with Gasteiger partial charge in [0.1, 0.15) is 6.04 Å². The molecule has 1 aliphatic heterocycles. The number of aryl methyl sites for hydroxylation is 2. The third-order valence-electron chi connectivity index (χ3n) is 4.34. The molecule has 0 aliphatic carbocycles. The Kier molecular flexibility index (Phi) is 4.12. The molecule has 3 aromatic rings. The number of fused-ring (bicyclic) bond motifs is 1. The van der Waals surface area contributed by atoms with E-state index in [1.807, 2.05) is 25.1 Å². The van der Waals surface area contributed by atoms with Crippen molar-refractivity contribution in [2.75, 3.05) is 11.9 Å². The zero-order valence-electron chi connectivity index (χ0n) is 14.2. The summed E-state index contributed by atoms with van der Waals surface area (Å²) in [5.74, 6) is 1.10. The van der Waals surface area contributed by atoms with E-state index in [0.717, 1.165) is 40.2 Å². The smallest absolute Gasteiger partial charge is 0.322 e. The molecule has 25 heavy (non-hydrogen) atoms. The number of rotatable bonds is 2. The maximum Gasteiger partial charge on any atom is 0.322 e. The average molecular weight is 357 g/mol. The van der Waals surface area contributed by atoms with Crippen molar-refractivity contribution in [3.8, 4) is 0 Å². The summed E-state index contributed by atoms with van der Waals surface area (Å²) in [6.07, 6.45) is 2.86. The Labute approximate surface area is 149 Å². The van der Waals surface area contributed by atoms with Crippen LogP contribution in [0, 0.1) is 13.8 Å². The third-order valence-corrected chi connectivity index (χ3v) is 5.27. The molecule has 3 heterocycles. The first-order chi connectivity index (χ1) is 12.1. The molecule has 2 amide bonds. The van der Waals surface area contributed by atoms with Crippen LogP contribution < -0.4 is 5.32 Å². The lowest BCUT2D eigenvalue weighted by atomic mass is 10.0. The van der Waals surface area contributed by atoms with Crippen LogP contribution >= 0.6 is 11.3 Å². The molecule has 8 heteroatoms. The summed E-state index contributed by atoms with van der Waals surface area (Å²) >= 11 is 1.62. The summed E-state index contributed by atoms with van der Waals surface area (Å²) < 4.78 is 6.37. The van der Waals surface area contributed by atoms with E-state index in [4.69, 9.17) is 4.52 Å². The highest BCUT2D eigenvalue weighted by Crippen LogP contribution is 2.31. The Morgan fingerprint density at radius 3 is 3.00 bits per heavy atom. The predicted octanol–water partition coefficient (Wildman–Crippen LogP) is 4.06. The Morgan fingerprint density at radius 1 is 1.32 bits per heavy atom. The van der Waals surface area contributed by atoms with Crippen molar-refractivity contribution >= 4 is 33.3 Å². The first-order valence-electron chi connectivity index (χ1n) is 8.35. The van der Waals surface area contributed by atoms with Gasteiger partial charge in [-0.1, -0.05) is 5.16 Å². The Morgan fingerprint density at radius 2 is 2.20 bits per heavy atom. The second kappa shape index (κ2) is 6.44. The van der Waals surface area contributed by atoms with Gasteiger partial charge in [-0.05, 0) is 51.3 Å². The number of nitrogens with one attached hydrogen (secondary N) is 1. The van der Waals surface area contributed by atoms with Crippen LogP contribution in [0.15, 0.2) is 22.7 Å². The number of hydrogen-bond acceptors (Lipinski definition) is 6. The Hall–Kier alpha value is -2.48. The van der Waals surface area contributed by atoms with Crippen molar-refractivity contribution in [2.45, 2.75) is 39.2 Å². The zero-order valence-corrected chi connectivity index (χ0v) is 15.0. The van der Waals surface area contributed by atoms with E-state index < -0.39 is 0 Å². The van der Waals surface area contributed by atoms with Gasteiger partial charge in [-0.25, -0.2) is 9.78 Å². The van der Waals surface area contributed by atoms with E-state index in [0.29, 0.717) is 18.3 Å². The van der Waals surface area contributed by atoms with E-state index >= 15 is 0 Å². The fraction of sp³-hybridized carbons (Fsp3) is 0.412. The highest BCUT2D eigenvalue weighted by molar-refractivity contribution is 7.18. The summed E-state index contributed by atoms with van der Waals surface area (Å²) in [7, 11) is 0. The molecule has 130 valence electrons. The van der Waals surface area contributed by atoms with E-state index in [2.05, 4.69) is 20.4 Å². The lowest BCUT2D eigenvalue weighted by Crippen LogP contribution is -2.41. The van der Waals surface area contributed by atoms with Crippen LogP contribution in [0.4, 0.5) is 10.5 Å². The predicted molar refractivity (Wildman–Crippen MR) is 95.7 cm³/mol.